The number of esters is 1. The van der Waals surface area contributed by atoms with Crippen molar-refractivity contribution in [2.45, 2.75) is 59.0 Å². The molecule has 5 N–H and O–H groups in total. The van der Waals surface area contributed by atoms with Gasteiger partial charge in [-0.25, -0.2) is 19.9 Å². The number of hydrogen-bond acceptors (Lipinski definition) is 11. The van der Waals surface area contributed by atoms with Crippen LogP contribution in [0.15, 0.2) is 52.8 Å². The second-order valence-corrected chi connectivity index (χ2v) is 11.2. The number of pyridine rings is 1. The Hall–Kier alpha value is -5.21. The van der Waals surface area contributed by atoms with Crippen molar-refractivity contribution >= 4 is 29.5 Å². The zero-order valence-corrected chi connectivity index (χ0v) is 25.6. The van der Waals surface area contributed by atoms with Gasteiger partial charge < -0.3 is 24.5 Å². The first-order chi connectivity index (χ1) is 21.6. The monoisotopic (exact) mass is 620 g/mol. The van der Waals surface area contributed by atoms with Crippen LogP contribution in [0.1, 0.15) is 61.9 Å². The number of rotatable bonds is 16. The summed E-state index contributed by atoms with van der Waals surface area (Å²) in [5.41, 5.74) is 17.2. The van der Waals surface area contributed by atoms with E-state index in [-0.39, 0.29) is 41.8 Å². The van der Waals surface area contributed by atoms with Gasteiger partial charge in [0.1, 0.15) is 12.0 Å². The van der Waals surface area contributed by atoms with Crippen molar-refractivity contribution in [1.82, 2.24) is 20.0 Å². The fourth-order valence-corrected chi connectivity index (χ4v) is 4.92. The number of methoxy groups -OCH3 is 1. The molecule has 0 aliphatic heterocycles. The molecule has 0 spiro atoms. The molecule has 0 radical (unpaired) electrons. The smallest absolute Gasteiger partial charge is 0.311 e. The molecular formula is C30H37FN10O4. The maximum atomic E-state index is 15.0. The molecule has 1 aliphatic rings. The molecule has 2 heterocycles. The minimum atomic E-state index is -0.793. The molecule has 1 fully saturated rings. The molecule has 0 bridgehead atoms. The van der Waals surface area contributed by atoms with Gasteiger partial charge in [-0.1, -0.05) is 11.3 Å². The highest BCUT2D eigenvalue weighted by atomic mass is 19.1. The molecule has 14 nitrogen and oxygen atoms in total. The second-order valence-electron chi connectivity index (χ2n) is 11.2. The number of anilines is 1. The summed E-state index contributed by atoms with van der Waals surface area (Å²) >= 11 is 0. The average Bonchev–Trinajstić information content (AvgIpc) is 3.79. The van der Waals surface area contributed by atoms with Crippen LogP contribution in [0.3, 0.4) is 0 Å². The Kier molecular flexibility index (Phi) is 10.2. The van der Waals surface area contributed by atoms with Crippen LogP contribution in [0.25, 0.3) is 5.65 Å². The lowest BCUT2D eigenvalue weighted by Crippen LogP contribution is -2.29. The second kappa shape index (κ2) is 14.1. The van der Waals surface area contributed by atoms with E-state index in [1.165, 1.54) is 31.0 Å². The van der Waals surface area contributed by atoms with Crippen LogP contribution in [0.2, 0.25) is 0 Å². The number of carbonyl (C=O) groups is 2. The van der Waals surface area contributed by atoms with E-state index in [4.69, 9.17) is 30.9 Å². The quantitative estimate of drug-likeness (QED) is 0.0366. The molecule has 2 aromatic heterocycles. The molecule has 1 aliphatic carbocycles. The third kappa shape index (κ3) is 7.48. The molecule has 4 rings (SSSR count). The molecule has 15 heteroatoms. The van der Waals surface area contributed by atoms with Gasteiger partial charge in [-0.05, 0) is 69.2 Å². The fraction of sp³-hybridized carbons (Fsp3) is 0.400. The van der Waals surface area contributed by atoms with Crippen LogP contribution >= 0.6 is 0 Å². The highest BCUT2D eigenvalue weighted by molar-refractivity contribution is 5.92. The molecule has 45 heavy (non-hydrogen) atoms. The first-order valence-corrected chi connectivity index (χ1v) is 14.4. The number of hydrogen-bond donors (Lipinski definition) is 5. The average molecular weight is 621 g/mol. The number of aromatic nitrogens is 2. The fourth-order valence-electron chi connectivity index (χ4n) is 4.92. The Bertz CT molecular complexity index is 1640. The van der Waals surface area contributed by atoms with Gasteiger partial charge in [0.05, 0.1) is 37.1 Å². The largest absolute Gasteiger partial charge is 0.494 e. The summed E-state index contributed by atoms with van der Waals surface area (Å²) in [6.45, 7) is 5.66. The number of nitrogens with zero attached hydrogens (tertiary/aromatic N) is 5. The molecule has 238 valence electrons. The normalized spacial score (nSPS) is 13.2. The van der Waals surface area contributed by atoms with Crippen molar-refractivity contribution in [3.8, 4) is 5.75 Å². The van der Waals surface area contributed by atoms with Crippen LogP contribution in [0, 0.1) is 27.7 Å². The molecule has 0 saturated heterocycles. The van der Waals surface area contributed by atoms with Crippen molar-refractivity contribution in [3.05, 3.63) is 70.7 Å². The van der Waals surface area contributed by atoms with E-state index in [0.29, 0.717) is 24.6 Å². The van der Waals surface area contributed by atoms with Crippen molar-refractivity contribution < 1.29 is 23.5 Å². The molecule has 1 amide bonds. The Morgan fingerprint density at radius 3 is 2.62 bits per heavy atom. The summed E-state index contributed by atoms with van der Waals surface area (Å²) < 4.78 is 27.3. The number of ether oxygens (including phenoxy) is 2. The van der Waals surface area contributed by atoms with E-state index in [1.54, 1.807) is 6.92 Å². The third-order valence-corrected chi connectivity index (χ3v) is 7.39. The van der Waals surface area contributed by atoms with Crippen molar-refractivity contribution in [3.63, 3.8) is 0 Å². The standard InChI is InChI=1S/C30H37FN10O4/c1-5-45-29(43)30(2,3)11-19-10-20(18-6-7-18)15-40-16-21(37-27(19)40)12-35-14-23(38-33)28(42)36-13-22-24(41(17-32)39-34)8-9-25(44-4)26(22)31/h8-10,14-18,32-35H,5-7,11-13H2,1-4H3,(H,36,42)/b23-14-,32-17?,38-33?,39-34?. The summed E-state index contributed by atoms with van der Waals surface area (Å²) in [6, 6.07) is 4.85. The van der Waals surface area contributed by atoms with Gasteiger partial charge in [0, 0.05) is 30.7 Å². The van der Waals surface area contributed by atoms with Crippen LogP contribution in [-0.4, -0.2) is 41.3 Å². The number of nitrogens with one attached hydrogen (secondary N) is 5. The topological polar surface area (TPSA) is 193 Å². The van der Waals surface area contributed by atoms with Crippen molar-refractivity contribution in [2.75, 3.05) is 18.7 Å². The van der Waals surface area contributed by atoms with E-state index >= 15 is 4.39 Å². The minimum absolute atomic E-state index is 0.0618. The van der Waals surface area contributed by atoms with Gasteiger partial charge >= 0.3 is 5.97 Å². The molecule has 1 saturated carbocycles. The molecule has 1 aromatic carbocycles. The zero-order valence-electron chi connectivity index (χ0n) is 25.6. The summed E-state index contributed by atoms with van der Waals surface area (Å²) in [6.07, 6.45) is 8.60. The van der Waals surface area contributed by atoms with Gasteiger partial charge in [-0.2, -0.15) is 10.6 Å². The summed E-state index contributed by atoms with van der Waals surface area (Å²) in [5, 5.41) is 20.2. The maximum absolute atomic E-state index is 15.0. The predicted octanol–water partition coefficient (Wildman–Crippen LogP) is 5.13. The van der Waals surface area contributed by atoms with Crippen LogP contribution in [0.4, 0.5) is 10.1 Å². The van der Waals surface area contributed by atoms with Gasteiger partial charge in [-0.3, -0.25) is 15.0 Å². The molecule has 3 aromatic rings. The lowest BCUT2D eigenvalue weighted by Gasteiger charge is -2.23. The maximum Gasteiger partial charge on any atom is 0.311 e. The molecule has 0 atom stereocenters. The SMILES string of the molecule is CCOC(=O)C(C)(C)Cc1cc(C2CC2)cn2cc(CN/C=C(\N=N)C(=O)NCc3c(N(C=N)N=N)ccc(OC)c3F)nc12. The first kappa shape index (κ1) is 32.7. The van der Waals surface area contributed by atoms with Crippen molar-refractivity contribution in [2.24, 2.45) is 15.8 Å². The number of carbonyl (C=O) groups excluding carboxylic acids is 2. The van der Waals surface area contributed by atoms with E-state index < -0.39 is 17.1 Å². The lowest BCUT2D eigenvalue weighted by atomic mass is 9.85. The van der Waals surface area contributed by atoms with Gasteiger partial charge in [0.2, 0.25) is 0 Å². The third-order valence-electron chi connectivity index (χ3n) is 7.39. The summed E-state index contributed by atoms with van der Waals surface area (Å²) in [4.78, 5) is 30.2. The van der Waals surface area contributed by atoms with Gasteiger partial charge in [0.25, 0.3) is 5.91 Å². The number of benzene rings is 1. The Labute approximate surface area is 259 Å². The van der Waals surface area contributed by atoms with E-state index in [2.05, 4.69) is 33.2 Å². The number of fused-ring (bicyclic) bond motifs is 1. The Morgan fingerprint density at radius 1 is 1.24 bits per heavy atom. The van der Waals surface area contributed by atoms with E-state index in [1.807, 2.05) is 24.4 Å². The number of imidazole rings is 1. The highest BCUT2D eigenvalue weighted by Crippen LogP contribution is 2.41. The van der Waals surface area contributed by atoms with Crippen LogP contribution in [-0.2, 0) is 33.8 Å². The van der Waals surface area contributed by atoms with Crippen molar-refractivity contribution in [1.29, 1.82) is 16.5 Å². The summed E-state index contributed by atoms with van der Waals surface area (Å²) in [7, 11) is 1.29. The minimum Gasteiger partial charge on any atom is -0.494 e. The Morgan fingerprint density at radius 2 is 2.00 bits per heavy atom. The molecular weight excluding hydrogens is 583 g/mol. The van der Waals surface area contributed by atoms with Gasteiger partial charge in [-0.15, -0.1) is 0 Å². The number of halogens is 1. The Balaban J connectivity index is 1.49. The van der Waals surface area contributed by atoms with Crippen LogP contribution < -0.4 is 20.4 Å². The summed E-state index contributed by atoms with van der Waals surface area (Å²) in [5.74, 6) is -1.43. The van der Waals surface area contributed by atoms with Crippen LogP contribution in [0.5, 0.6) is 5.75 Å². The van der Waals surface area contributed by atoms with Gasteiger partial charge in [0.15, 0.2) is 17.3 Å². The molecule has 0 unspecified atom stereocenters. The van der Waals surface area contributed by atoms with E-state index in [9.17, 15) is 9.59 Å². The predicted molar refractivity (Wildman–Crippen MR) is 163 cm³/mol. The highest BCUT2D eigenvalue weighted by Gasteiger charge is 2.32. The number of amides is 1. The lowest BCUT2D eigenvalue weighted by molar-refractivity contribution is -0.153. The first-order valence-electron chi connectivity index (χ1n) is 14.4. The van der Waals surface area contributed by atoms with E-state index in [0.717, 1.165) is 35.4 Å². The zero-order chi connectivity index (χ0) is 32.7.